The van der Waals surface area contributed by atoms with Crippen molar-refractivity contribution in [1.29, 1.82) is 0 Å². The predicted octanol–water partition coefficient (Wildman–Crippen LogP) is 2.50. The molecule has 0 spiro atoms. The van der Waals surface area contributed by atoms with E-state index in [1.807, 2.05) is 29.2 Å². The lowest BCUT2D eigenvalue weighted by Crippen LogP contribution is -2.49. The Morgan fingerprint density at radius 3 is 2.42 bits per heavy atom. The molecule has 2 aromatic heterocycles. The highest BCUT2D eigenvalue weighted by Gasteiger charge is 2.26. The smallest absolute Gasteiger partial charge is 0.254 e. The third-order valence-corrected chi connectivity index (χ3v) is 6.35. The number of carbonyl (C=O) groups excluding carboxylic acids is 1. The van der Waals surface area contributed by atoms with E-state index >= 15 is 0 Å². The van der Waals surface area contributed by atoms with Crippen molar-refractivity contribution in [2.45, 2.75) is 0 Å². The molecule has 0 N–H and O–H groups in total. The Morgan fingerprint density at radius 2 is 1.67 bits per heavy atom. The number of carbonyl (C=O) groups is 1. The third-order valence-electron chi connectivity index (χ3n) is 6.35. The summed E-state index contributed by atoms with van der Waals surface area (Å²) in [6, 6.07) is 12.9. The van der Waals surface area contributed by atoms with Gasteiger partial charge in [-0.25, -0.2) is 4.98 Å². The number of methoxy groups -OCH3 is 2. The van der Waals surface area contributed by atoms with E-state index in [-0.39, 0.29) is 12.7 Å². The summed E-state index contributed by atoms with van der Waals surface area (Å²) in [6.07, 6.45) is 1.72. The lowest BCUT2D eigenvalue weighted by molar-refractivity contribution is 0.0745. The molecule has 11 heteroatoms. The molecular weight excluding hydrogens is 464 g/mol. The number of ether oxygens (including phenoxy) is 4. The first-order valence-corrected chi connectivity index (χ1v) is 11.5. The molecule has 1 amide bonds. The van der Waals surface area contributed by atoms with Gasteiger partial charge in [0.2, 0.25) is 12.7 Å². The van der Waals surface area contributed by atoms with E-state index < -0.39 is 0 Å². The molecule has 0 atom stereocenters. The second-order valence-corrected chi connectivity index (χ2v) is 8.40. The average Bonchev–Trinajstić information content (AvgIpc) is 3.59. The molecule has 4 heterocycles. The van der Waals surface area contributed by atoms with E-state index in [9.17, 15) is 4.79 Å². The van der Waals surface area contributed by atoms with Gasteiger partial charge < -0.3 is 28.7 Å². The van der Waals surface area contributed by atoms with Crippen LogP contribution in [0.5, 0.6) is 23.0 Å². The van der Waals surface area contributed by atoms with Gasteiger partial charge in [-0.15, -0.1) is 5.10 Å². The summed E-state index contributed by atoms with van der Waals surface area (Å²) in [4.78, 5) is 26.0. The van der Waals surface area contributed by atoms with Crippen molar-refractivity contribution in [2.75, 3.05) is 52.1 Å². The standard InChI is InChI=1S/C25H24N6O5/c1-33-18-11-17(12-19(14-18)34-2)23(32)29-7-9-30(10-8-29)25-27-24-26-6-5-20(31(24)28-25)16-3-4-21-22(13-16)36-15-35-21/h3-6,11-14H,7-10,15H2,1-2H3. The molecule has 0 aliphatic carbocycles. The Labute approximate surface area is 206 Å². The highest BCUT2D eigenvalue weighted by molar-refractivity contribution is 5.95. The summed E-state index contributed by atoms with van der Waals surface area (Å²) in [7, 11) is 3.13. The van der Waals surface area contributed by atoms with Crippen molar-refractivity contribution in [3.8, 4) is 34.3 Å². The number of aromatic nitrogens is 4. The Hall–Kier alpha value is -4.54. The van der Waals surface area contributed by atoms with E-state index in [4.69, 9.17) is 24.0 Å². The average molecular weight is 489 g/mol. The van der Waals surface area contributed by atoms with Gasteiger partial charge in [-0.1, -0.05) is 0 Å². The fraction of sp³-hybridized carbons (Fsp3) is 0.280. The fourth-order valence-corrected chi connectivity index (χ4v) is 4.41. The van der Waals surface area contributed by atoms with Crippen LogP contribution in [0, 0.1) is 0 Å². The summed E-state index contributed by atoms with van der Waals surface area (Å²) < 4.78 is 23.3. The van der Waals surface area contributed by atoms with Gasteiger partial charge in [0.15, 0.2) is 11.5 Å². The molecular formula is C25H24N6O5. The van der Waals surface area contributed by atoms with Gasteiger partial charge in [0.25, 0.3) is 11.7 Å². The molecule has 0 saturated carbocycles. The van der Waals surface area contributed by atoms with E-state index in [0.29, 0.717) is 60.7 Å². The topological polar surface area (TPSA) is 104 Å². The second-order valence-electron chi connectivity index (χ2n) is 8.40. The van der Waals surface area contributed by atoms with E-state index in [2.05, 4.69) is 14.9 Å². The minimum Gasteiger partial charge on any atom is -0.497 e. The van der Waals surface area contributed by atoms with Crippen LogP contribution in [0.1, 0.15) is 10.4 Å². The molecule has 36 heavy (non-hydrogen) atoms. The largest absolute Gasteiger partial charge is 0.497 e. The van der Waals surface area contributed by atoms with Crippen molar-refractivity contribution >= 4 is 17.6 Å². The predicted molar refractivity (Wildman–Crippen MR) is 130 cm³/mol. The van der Waals surface area contributed by atoms with Crippen LogP contribution >= 0.6 is 0 Å². The molecule has 184 valence electrons. The summed E-state index contributed by atoms with van der Waals surface area (Å²) in [5.41, 5.74) is 2.30. The maximum absolute atomic E-state index is 13.1. The quantitative estimate of drug-likeness (QED) is 0.419. The van der Waals surface area contributed by atoms with E-state index in [1.54, 1.807) is 43.1 Å². The molecule has 1 fully saturated rings. The maximum atomic E-state index is 13.1. The van der Waals surface area contributed by atoms with Gasteiger partial charge >= 0.3 is 0 Å². The molecule has 2 aliphatic heterocycles. The van der Waals surface area contributed by atoms with E-state index in [0.717, 1.165) is 17.0 Å². The van der Waals surface area contributed by atoms with Gasteiger partial charge in [0.05, 0.1) is 19.9 Å². The molecule has 6 rings (SSSR count). The normalized spacial score (nSPS) is 14.8. The molecule has 2 aromatic carbocycles. The number of hydrogen-bond acceptors (Lipinski definition) is 9. The number of nitrogens with zero attached hydrogens (tertiary/aromatic N) is 6. The molecule has 0 unspecified atom stereocenters. The van der Waals surface area contributed by atoms with Crippen LogP contribution in [-0.4, -0.2) is 77.6 Å². The number of hydrogen-bond donors (Lipinski definition) is 0. The molecule has 1 saturated heterocycles. The Morgan fingerprint density at radius 1 is 0.917 bits per heavy atom. The molecule has 2 aliphatic rings. The van der Waals surface area contributed by atoms with Crippen LogP contribution in [0.25, 0.3) is 17.0 Å². The van der Waals surface area contributed by atoms with E-state index in [1.165, 1.54) is 0 Å². The zero-order valence-electron chi connectivity index (χ0n) is 19.9. The lowest BCUT2D eigenvalue weighted by Gasteiger charge is -2.34. The van der Waals surface area contributed by atoms with Crippen LogP contribution in [0.15, 0.2) is 48.7 Å². The summed E-state index contributed by atoms with van der Waals surface area (Å²) in [5, 5.41) is 4.74. The number of rotatable bonds is 5. The van der Waals surface area contributed by atoms with Gasteiger partial charge in [-0.05, 0) is 36.4 Å². The highest BCUT2D eigenvalue weighted by Crippen LogP contribution is 2.36. The second kappa shape index (κ2) is 8.91. The number of benzene rings is 2. The SMILES string of the molecule is COc1cc(OC)cc(C(=O)N2CCN(c3nc4nccc(-c5ccc6c(c5)OCO6)n4n3)CC2)c1. The minimum absolute atomic E-state index is 0.0680. The first kappa shape index (κ1) is 22.0. The van der Waals surface area contributed by atoms with Crippen LogP contribution in [0.4, 0.5) is 5.95 Å². The van der Waals surface area contributed by atoms with Crippen LogP contribution in [0.3, 0.4) is 0 Å². The van der Waals surface area contributed by atoms with Gasteiger partial charge in [0, 0.05) is 49.6 Å². The molecule has 0 bridgehead atoms. The van der Waals surface area contributed by atoms with Crippen molar-refractivity contribution in [3.05, 3.63) is 54.2 Å². The van der Waals surface area contributed by atoms with Crippen LogP contribution in [-0.2, 0) is 0 Å². The summed E-state index contributed by atoms with van der Waals surface area (Å²) in [6.45, 7) is 2.50. The lowest BCUT2D eigenvalue weighted by atomic mass is 10.1. The van der Waals surface area contributed by atoms with Gasteiger partial charge in [0.1, 0.15) is 11.5 Å². The van der Waals surface area contributed by atoms with Crippen LogP contribution < -0.4 is 23.8 Å². The maximum Gasteiger partial charge on any atom is 0.254 e. The molecule has 0 radical (unpaired) electrons. The number of amides is 1. The van der Waals surface area contributed by atoms with Crippen LogP contribution in [0.2, 0.25) is 0 Å². The van der Waals surface area contributed by atoms with Gasteiger partial charge in [-0.2, -0.15) is 9.50 Å². The number of anilines is 1. The first-order chi connectivity index (χ1) is 17.6. The Kier molecular flexibility index (Phi) is 5.44. The van der Waals surface area contributed by atoms with Crippen molar-refractivity contribution in [2.24, 2.45) is 0 Å². The highest BCUT2D eigenvalue weighted by atomic mass is 16.7. The monoisotopic (exact) mass is 488 g/mol. The van der Waals surface area contributed by atoms with Crippen molar-refractivity contribution in [3.63, 3.8) is 0 Å². The zero-order chi connectivity index (χ0) is 24.6. The fourth-order valence-electron chi connectivity index (χ4n) is 4.41. The number of piperazine rings is 1. The zero-order valence-corrected chi connectivity index (χ0v) is 19.9. The first-order valence-electron chi connectivity index (χ1n) is 11.5. The number of fused-ring (bicyclic) bond motifs is 2. The van der Waals surface area contributed by atoms with Crippen molar-refractivity contribution < 1.29 is 23.7 Å². The Bertz CT molecular complexity index is 1420. The summed E-state index contributed by atoms with van der Waals surface area (Å²) >= 11 is 0. The molecule has 11 nitrogen and oxygen atoms in total. The summed E-state index contributed by atoms with van der Waals surface area (Å²) in [5.74, 6) is 3.59. The third kappa shape index (κ3) is 3.88. The van der Waals surface area contributed by atoms with Gasteiger partial charge in [-0.3, -0.25) is 4.79 Å². The Balaban J connectivity index is 1.20. The molecule has 4 aromatic rings. The minimum atomic E-state index is -0.0680. The van der Waals surface area contributed by atoms with Crippen molar-refractivity contribution in [1.82, 2.24) is 24.5 Å².